The Morgan fingerprint density at radius 1 is 1.06 bits per heavy atom. The van der Waals surface area contributed by atoms with Gasteiger partial charge in [0.2, 0.25) is 0 Å². The number of hydrogen-bond acceptors (Lipinski definition) is 6. The molecule has 0 aliphatic rings. The first-order chi connectivity index (χ1) is 14.8. The summed E-state index contributed by atoms with van der Waals surface area (Å²) in [5.41, 5.74) is 0.946. The molecule has 0 saturated carbocycles. The fraction of sp³-hybridized carbons (Fsp3) is 0.182. The van der Waals surface area contributed by atoms with E-state index in [9.17, 15) is 13.2 Å². The van der Waals surface area contributed by atoms with E-state index in [1.54, 1.807) is 48.5 Å². The molecule has 7 nitrogen and oxygen atoms in total. The zero-order chi connectivity index (χ0) is 22.4. The highest BCUT2D eigenvalue weighted by atomic mass is 32.2. The van der Waals surface area contributed by atoms with Crippen LogP contribution in [-0.4, -0.2) is 32.5 Å². The van der Waals surface area contributed by atoms with Gasteiger partial charge in [-0.15, -0.1) is 0 Å². The Hall–Kier alpha value is -3.04. The molecule has 1 aromatic heterocycles. The number of anilines is 1. The zero-order valence-corrected chi connectivity index (χ0v) is 19.0. The lowest BCUT2D eigenvalue weighted by atomic mass is 10.2. The van der Waals surface area contributed by atoms with Gasteiger partial charge in [0, 0.05) is 28.9 Å². The predicted octanol–water partition coefficient (Wildman–Crippen LogP) is 4.18. The van der Waals surface area contributed by atoms with E-state index in [0.29, 0.717) is 17.0 Å². The topological polar surface area (TPSA) is 97.4 Å². The smallest absolute Gasteiger partial charge is 0.262 e. The predicted molar refractivity (Wildman–Crippen MR) is 121 cm³/mol. The second kappa shape index (κ2) is 9.84. The first-order valence-corrected chi connectivity index (χ1v) is 11.8. The Kier molecular flexibility index (Phi) is 7.19. The number of nitrogens with zero attached hydrogens (tertiary/aromatic N) is 1. The zero-order valence-electron chi connectivity index (χ0n) is 17.3. The summed E-state index contributed by atoms with van der Waals surface area (Å²) in [5.74, 6) is 0.307. The van der Waals surface area contributed by atoms with E-state index in [4.69, 9.17) is 4.74 Å². The molecule has 0 aliphatic heterocycles. The van der Waals surface area contributed by atoms with Gasteiger partial charge in [-0.1, -0.05) is 17.8 Å². The summed E-state index contributed by atoms with van der Waals surface area (Å²) in [5, 5.41) is 3.55. The molecule has 3 aromatic rings. The monoisotopic (exact) mass is 457 g/mol. The van der Waals surface area contributed by atoms with Gasteiger partial charge >= 0.3 is 0 Å². The maximum atomic E-state index is 12.6. The third kappa shape index (κ3) is 6.22. The fourth-order valence-electron chi connectivity index (χ4n) is 2.61. The lowest BCUT2D eigenvalue weighted by Gasteiger charge is -2.10. The van der Waals surface area contributed by atoms with Gasteiger partial charge in [0.15, 0.2) is 0 Å². The molecule has 0 radical (unpaired) electrons. The summed E-state index contributed by atoms with van der Waals surface area (Å²) in [6, 6.07) is 16.8. The standard InChI is InChI=1S/C22H23N3O4S2/c1-15(2)24-22(26)16-7-12-21(23-14-16)30-19-10-8-17(9-11-19)25-31(27,28)20-6-4-5-18(13-20)29-3/h4-15,25H,1-3H3,(H,24,26). The van der Waals surface area contributed by atoms with Crippen molar-refractivity contribution in [2.45, 2.75) is 34.7 Å². The minimum atomic E-state index is -3.73. The van der Waals surface area contributed by atoms with Crippen molar-refractivity contribution in [1.82, 2.24) is 10.3 Å². The number of amides is 1. The molecule has 0 unspecified atom stereocenters. The quantitative estimate of drug-likeness (QED) is 0.527. The first-order valence-electron chi connectivity index (χ1n) is 9.48. The van der Waals surface area contributed by atoms with Crippen molar-refractivity contribution in [2.75, 3.05) is 11.8 Å². The van der Waals surface area contributed by atoms with E-state index in [2.05, 4.69) is 15.0 Å². The molecule has 0 aliphatic carbocycles. The fourth-order valence-corrected chi connectivity index (χ4v) is 4.46. The van der Waals surface area contributed by atoms with Crippen LogP contribution in [0, 0.1) is 0 Å². The summed E-state index contributed by atoms with van der Waals surface area (Å²) < 4.78 is 32.8. The lowest BCUT2D eigenvalue weighted by molar-refractivity contribution is 0.0942. The highest BCUT2D eigenvalue weighted by molar-refractivity contribution is 7.99. The molecule has 1 amide bonds. The molecule has 0 spiro atoms. The Bertz CT molecular complexity index is 1150. The SMILES string of the molecule is COc1cccc(S(=O)(=O)Nc2ccc(Sc3ccc(C(=O)NC(C)C)cn3)cc2)c1. The normalized spacial score (nSPS) is 11.2. The number of aromatic nitrogens is 1. The van der Waals surface area contributed by atoms with Crippen molar-refractivity contribution in [2.24, 2.45) is 0 Å². The van der Waals surface area contributed by atoms with Gasteiger partial charge in [0.05, 0.1) is 17.6 Å². The number of sulfonamides is 1. The molecule has 162 valence electrons. The van der Waals surface area contributed by atoms with Crippen LogP contribution >= 0.6 is 11.8 Å². The Labute approximate surface area is 186 Å². The number of hydrogen-bond donors (Lipinski definition) is 2. The highest BCUT2D eigenvalue weighted by Gasteiger charge is 2.15. The molecular formula is C22H23N3O4S2. The lowest BCUT2D eigenvalue weighted by Crippen LogP contribution is -2.30. The molecule has 31 heavy (non-hydrogen) atoms. The number of carbonyl (C=O) groups excluding carboxylic acids is 1. The van der Waals surface area contributed by atoms with Crippen LogP contribution in [-0.2, 0) is 10.0 Å². The molecule has 1 heterocycles. The maximum Gasteiger partial charge on any atom is 0.262 e. The number of nitrogens with one attached hydrogen (secondary N) is 2. The Morgan fingerprint density at radius 2 is 1.81 bits per heavy atom. The van der Waals surface area contributed by atoms with Crippen LogP contribution in [0.25, 0.3) is 0 Å². The average Bonchev–Trinajstić information content (AvgIpc) is 2.75. The highest BCUT2D eigenvalue weighted by Crippen LogP contribution is 2.28. The van der Waals surface area contributed by atoms with Gasteiger partial charge in [0.1, 0.15) is 10.8 Å². The third-order valence-corrected chi connectivity index (χ3v) is 6.44. The third-order valence-electron chi connectivity index (χ3n) is 4.10. The van der Waals surface area contributed by atoms with Crippen molar-refractivity contribution in [1.29, 1.82) is 0 Å². The van der Waals surface area contributed by atoms with Crippen molar-refractivity contribution in [3.8, 4) is 5.75 Å². The summed E-state index contributed by atoms with van der Waals surface area (Å²) in [6.45, 7) is 3.80. The van der Waals surface area contributed by atoms with Crippen molar-refractivity contribution >= 4 is 33.4 Å². The molecule has 3 rings (SSSR count). The van der Waals surface area contributed by atoms with E-state index in [-0.39, 0.29) is 16.8 Å². The number of ether oxygens (including phenoxy) is 1. The van der Waals surface area contributed by atoms with Gasteiger partial charge in [-0.25, -0.2) is 13.4 Å². The van der Waals surface area contributed by atoms with Crippen LogP contribution in [0.4, 0.5) is 5.69 Å². The van der Waals surface area contributed by atoms with Crippen LogP contribution in [0.5, 0.6) is 5.75 Å². The molecule has 0 bridgehead atoms. The molecule has 2 N–H and O–H groups in total. The number of pyridine rings is 1. The molecule has 9 heteroatoms. The van der Waals surface area contributed by atoms with E-state index < -0.39 is 10.0 Å². The molecule has 0 atom stereocenters. The molecular weight excluding hydrogens is 434 g/mol. The number of rotatable bonds is 8. The summed E-state index contributed by atoms with van der Waals surface area (Å²) in [4.78, 5) is 17.3. The largest absolute Gasteiger partial charge is 0.497 e. The maximum absolute atomic E-state index is 12.6. The second-order valence-corrected chi connectivity index (χ2v) is 9.70. The molecule has 0 fully saturated rings. The summed E-state index contributed by atoms with van der Waals surface area (Å²) in [6.07, 6.45) is 1.54. The van der Waals surface area contributed by atoms with Gasteiger partial charge in [0.25, 0.3) is 15.9 Å². The van der Waals surface area contributed by atoms with Gasteiger partial charge in [-0.05, 0) is 62.4 Å². The number of benzene rings is 2. The van der Waals surface area contributed by atoms with Gasteiger partial charge in [-0.3, -0.25) is 9.52 Å². The van der Waals surface area contributed by atoms with Gasteiger partial charge < -0.3 is 10.1 Å². The first kappa shape index (κ1) is 22.6. The van der Waals surface area contributed by atoms with Crippen LogP contribution in [0.3, 0.4) is 0 Å². The van der Waals surface area contributed by atoms with Crippen LogP contribution in [0.1, 0.15) is 24.2 Å². The summed E-state index contributed by atoms with van der Waals surface area (Å²) >= 11 is 1.41. The van der Waals surface area contributed by atoms with E-state index in [1.165, 1.54) is 37.2 Å². The van der Waals surface area contributed by atoms with Crippen molar-refractivity contribution in [3.05, 3.63) is 72.4 Å². The van der Waals surface area contributed by atoms with Crippen molar-refractivity contribution in [3.63, 3.8) is 0 Å². The van der Waals surface area contributed by atoms with E-state index in [1.807, 2.05) is 13.8 Å². The number of carbonyl (C=O) groups is 1. The van der Waals surface area contributed by atoms with Crippen LogP contribution < -0.4 is 14.8 Å². The van der Waals surface area contributed by atoms with Crippen LogP contribution in [0.15, 0.2) is 81.7 Å². The van der Waals surface area contributed by atoms with Gasteiger partial charge in [-0.2, -0.15) is 0 Å². The average molecular weight is 458 g/mol. The summed E-state index contributed by atoms with van der Waals surface area (Å²) in [7, 11) is -2.24. The van der Waals surface area contributed by atoms with Crippen LogP contribution in [0.2, 0.25) is 0 Å². The van der Waals surface area contributed by atoms with Crippen molar-refractivity contribution < 1.29 is 17.9 Å². The Balaban J connectivity index is 1.65. The second-order valence-electron chi connectivity index (χ2n) is 6.92. The Morgan fingerprint density at radius 3 is 2.42 bits per heavy atom. The number of methoxy groups -OCH3 is 1. The van der Waals surface area contributed by atoms with E-state index in [0.717, 1.165) is 9.92 Å². The molecule has 2 aromatic carbocycles. The molecule has 0 saturated heterocycles. The minimum Gasteiger partial charge on any atom is -0.497 e. The van der Waals surface area contributed by atoms with E-state index >= 15 is 0 Å². The minimum absolute atomic E-state index is 0.0569.